The number of unbranched alkanes of at least 4 members (excludes halogenated alkanes) is 3. The standard InChI is InChI=1S/C16H18N2O2S2/c19-15-9-12-21-17(15)10-5-1-2-6-11-18-16(20)13-7-3-4-8-14(13)22-18/h3-4,7-9,12H,1-2,5-6,10-11H2. The fraction of sp³-hybridized carbons (Fsp3) is 0.375. The minimum absolute atomic E-state index is 0.0989. The van der Waals surface area contributed by atoms with Crippen LogP contribution in [0.25, 0.3) is 10.1 Å². The van der Waals surface area contributed by atoms with Gasteiger partial charge in [-0.2, -0.15) is 0 Å². The molecule has 3 rings (SSSR count). The van der Waals surface area contributed by atoms with Gasteiger partial charge in [0.25, 0.3) is 11.1 Å². The zero-order valence-corrected chi connectivity index (χ0v) is 13.9. The molecule has 0 unspecified atom stereocenters. The third-order valence-electron chi connectivity index (χ3n) is 3.67. The second kappa shape index (κ2) is 7.07. The van der Waals surface area contributed by atoms with Crippen LogP contribution in [0.4, 0.5) is 0 Å². The molecular weight excluding hydrogens is 316 g/mol. The van der Waals surface area contributed by atoms with Crippen molar-refractivity contribution < 1.29 is 0 Å². The first-order chi connectivity index (χ1) is 10.8. The van der Waals surface area contributed by atoms with Crippen LogP contribution in [0.15, 0.2) is 45.3 Å². The summed E-state index contributed by atoms with van der Waals surface area (Å²) in [5.74, 6) is 0. The Morgan fingerprint density at radius 2 is 1.59 bits per heavy atom. The van der Waals surface area contributed by atoms with E-state index in [0.29, 0.717) is 0 Å². The van der Waals surface area contributed by atoms with Crippen molar-refractivity contribution in [2.45, 2.75) is 38.8 Å². The molecule has 0 atom stereocenters. The molecule has 0 N–H and O–H groups in total. The van der Waals surface area contributed by atoms with E-state index in [1.165, 1.54) is 11.5 Å². The van der Waals surface area contributed by atoms with E-state index in [1.807, 2.05) is 33.6 Å². The summed E-state index contributed by atoms with van der Waals surface area (Å²) in [6.45, 7) is 1.59. The fourth-order valence-corrected chi connectivity index (χ4v) is 4.24. The van der Waals surface area contributed by atoms with E-state index in [9.17, 15) is 9.59 Å². The highest BCUT2D eigenvalue weighted by Gasteiger charge is 2.06. The lowest BCUT2D eigenvalue weighted by Gasteiger charge is -2.02. The molecule has 0 aliphatic heterocycles. The quantitative estimate of drug-likeness (QED) is 0.620. The highest BCUT2D eigenvalue weighted by molar-refractivity contribution is 7.13. The molecule has 0 aliphatic carbocycles. The summed E-state index contributed by atoms with van der Waals surface area (Å²) in [7, 11) is 0. The molecule has 6 heteroatoms. The molecule has 3 aromatic rings. The number of hydrogen-bond donors (Lipinski definition) is 0. The van der Waals surface area contributed by atoms with Crippen LogP contribution in [0.3, 0.4) is 0 Å². The average molecular weight is 334 g/mol. The molecule has 0 radical (unpaired) electrons. The van der Waals surface area contributed by atoms with Gasteiger partial charge in [-0.1, -0.05) is 48.0 Å². The van der Waals surface area contributed by atoms with E-state index in [-0.39, 0.29) is 11.1 Å². The Kier molecular flexibility index (Phi) is 4.90. The van der Waals surface area contributed by atoms with Crippen molar-refractivity contribution in [3.8, 4) is 0 Å². The fourth-order valence-electron chi connectivity index (χ4n) is 2.49. The van der Waals surface area contributed by atoms with Crippen LogP contribution in [0, 0.1) is 0 Å². The van der Waals surface area contributed by atoms with E-state index in [2.05, 4.69) is 0 Å². The van der Waals surface area contributed by atoms with Gasteiger partial charge in [0.15, 0.2) is 0 Å². The van der Waals surface area contributed by atoms with Crippen molar-refractivity contribution in [2.24, 2.45) is 0 Å². The minimum atomic E-state index is 0.0989. The molecule has 2 heterocycles. The maximum Gasteiger partial charge on any atom is 0.268 e. The minimum Gasteiger partial charge on any atom is -0.268 e. The molecular formula is C16H18N2O2S2. The predicted octanol–water partition coefficient (Wildman–Crippen LogP) is 3.55. The number of aryl methyl sites for hydroxylation is 2. The zero-order valence-electron chi connectivity index (χ0n) is 12.2. The summed E-state index contributed by atoms with van der Waals surface area (Å²) in [5.41, 5.74) is 0.229. The van der Waals surface area contributed by atoms with E-state index in [1.54, 1.807) is 21.6 Å². The number of aromatic nitrogens is 2. The SMILES string of the molecule is O=c1ccsn1CCCCCCn1sc2ccccc2c1=O. The summed E-state index contributed by atoms with van der Waals surface area (Å²) >= 11 is 3.02. The van der Waals surface area contributed by atoms with E-state index >= 15 is 0 Å². The summed E-state index contributed by atoms with van der Waals surface area (Å²) < 4.78 is 4.70. The van der Waals surface area contributed by atoms with Gasteiger partial charge in [0, 0.05) is 24.5 Å². The highest BCUT2D eigenvalue weighted by Crippen LogP contribution is 2.16. The maximum atomic E-state index is 12.2. The van der Waals surface area contributed by atoms with Crippen molar-refractivity contribution in [3.63, 3.8) is 0 Å². The largest absolute Gasteiger partial charge is 0.268 e. The number of nitrogens with zero attached hydrogens (tertiary/aromatic N) is 2. The average Bonchev–Trinajstić information content (AvgIpc) is 3.07. The van der Waals surface area contributed by atoms with Gasteiger partial charge in [-0.15, -0.1) is 0 Å². The Morgan fingerprint density at radius 3 is 2.27 bits per heavy atom. The first-order valence-electron chi connectivity index (χ1n) is 7.49. The van der Waals surface area contributed by atoms with Gasteiger partial charge in [0.2, 0.25) is 0 Å². The van der Waals surface area contributed by atoms with Crippen LogP contribution in [0.5, 0.6) is 0 Å². The van der Waals surface area contributed by atoms with Crippen molar-refractivity contribution in [1.82, 2.24) is 7.91 Å². The molecule has 0 saturated heterocycles. The lowest BCUT2D eigenvalue weighted by Crippen LogP contribution is -2.13. The number of hydrogen-bond acceptors (Lipinski definition) is 4. The van der Waals surface area contributed by atoms with Gasteiger partial charge in [0.1, 0.15) is 0 Å². The number of fused-ring (bicyclic) bond motifs is 1. The second-order valence-electron chi connectivity index (χ2n) is 5.26. The number of rotatable bonds is 7. The van der Waals surface area contributed by atoms with Gasteiger partial charge >= 0.3 is 0 Å². The Labute approximate surface area is 136 Å². The van der Waals surface area contributed by atoms with Gasteiger partial charge in [-0.3, -0.25) is 17.5 Å². The summed E-state index contributed by atoms with van der Waals surface area (Å²) in [5, 5.41) is 2.65. The summed E-state index contributed by atoms with van der Waals surface area (Å²) in [6, 6.07) is 9.38. The second-order valence-corrected chi connectivity index (χ2v) is 7.24. The van der Waals surface area contributed by atoms with Gasteiger partial charge in [-0.05, 0) is 25.0 Å². The summed E-state index contributed by atoms with van der Waals surface area (Å²) in [6.07, 6.45) is 4.19. The Balaban J connectivity index is 1.45. The molecule has 1 aromatic carbocycles. The first-order valence-corrected chi connectivity index (χ1v) is 9.10. The molecule has 22 heavy (non-hydrogen) atoms. The van der Waals surface area contributed by atoms with Crippen molar-refractivity contribution in [3.05, 3.63) is 56.4 Å². The molecule has 0 fully saturated rings. The van der Waals surface area contributed by atoms with Crippen LogP contribution in [-0.4, -0.2) is 7.91 Å². The molecule has 0 spiro atoms. The van der Waals surface area contributed by atoms with Crippen LogP contribution >= 0.6 is 23.1 Å². The van der Waals surface area contributed by atoms with Crippen LogP contribution in [-0.2, 0) is 13.1 Å². The third kappa shape index (κ3) is 3.39. The predicted molar refractivity (Wildman–Crippen MR) is 93.1 cm³/mol. The molecule has 116 valence electrons. The Morgan fingerprint density at radius 1 is 0.864 bits per heavy atom. The van der Waals surface area contributed by atoms with E-state index in [0.717, 1.165) is 48.9 Å². The summed E-state index contributed by atoms with van der Waals surface area (Å²) in [4.78, 5) is 23.6. The molecule has 4 nitrogen and oxygen atoms in total. The topological polar surface area (TPSA) is 44.0 Å². The first kappa shape index (κ1) is 15.2. The van der Waals surface area contributed by atoms with E-state index < -0.39 is 0 Å². The van der Waals surface area contributed by atoms with Crippen molar-refractivity contribution >= 4 is 33.2 Å². The smallest absolute Gasteiger partial charge is 0.268 e. The van der Waals surface area contributed by atoms with Crippen molar-refractivity contribution in [1.29, 1.82) is 0 Å². The van der Waals surface area contributed by atoms with Gasteiger partial charge in [0.05, 0.1) is 10.1 Å². The molecule has 0 bridgehead atoms. The van der Waals surface area contributed by atoms with Crippen LogP contribution in [0.2, 0.25) is 0 Å². The molecule has 0 aliphatic rings. The zero-order chi connectivity index (χ0) is 15.4. The normalized spacial score (nSPS) is 11.3. The Hall–Kier alpha value is -1.66. The maximum absolute atomic E-state index is 12.2. The lowest BCUT2D eigenvalue weighted by molar-refractivity contribution is 0.556. The van der Waals surface area contributed by atoms with Gasteiger partial charge < -0.3 is 0 Å². The third-order valence-corrected chi connectivity index (χ3v) is 5.67. The molecule has 2 aromatic heterocycles. The Bertz CT molecular complexity index is 857. The lowest BCUT2D eigenvalue weighted by atomic mass is 10.2. The molecule has 0 saturated carbocycles. The van der Waals surface area contributed by atoms with Crippen LogP contribution in [0.1, 0.15) is 25.7 Å². The number of benzene rings is 1. The van der Waals surface area contributed by atoms with Gasteiger partial charge in [-0.25, -0.2) is 0 Å². The monoisotopic (exact) mass is 334 g/mol. The van der Waals surface area contributed by atoms with E-state index in [4.69, 9.17) is 0 Å². The van der Waals surface area contributed by atoms with Crippen molar-refractivity contribution in [2.75, 3.05) is 0 Å². The molecule has 0 amide bonds. The highest BCUT2D eigenvalue weighted by atomic mass is 32.1. The van der Waals surface area contributed by atoms with Crippen LogP contribution < -0.4 is 11.1 Å².